The summed E-state index contributed by atoms with van der Waals surface area (Å²) >= 11 is 0. The van der Waals surface area contributed by atoms with E-state index in [0.29, 0.717) is 29.1 Å². The minimum atomic E-state index is -0.110. The minimum absolute atomic E-state index is 0.0446. The molecule has 1 atom stereocenters. The molecule has 1 N–H and O–H groups in total. The molecule has 1 aliphatic carbocycles. The van der Waals surface area contributed by atoms with E-state index in [1.165, 1.54) is 12.7 Å². The number of H-pyrrole nitrogens is 1. The number of carbonyl (C=O) groups is 1. The van der Waals surface area contributed by atoms with Crippen molar-refractivity contribution >= 4 is 5.78 Å². The summed E-state index contributed by atoms with van der Waals surface area (Å²) in [4.78, 5) is 28.2. The Bertz CT molecular complexity index is 823. The number of hydrogen-bond acceptors (Lipinski definition) is 3. The zero-order chi connectivity index (χ0) is 18.5. The largest absolute Gasteiger partial charge is 0.491 e. The fourth-order valence-corrected chi connectivity index (χ4v) is 3.98. The summed E-state index contributed by atoms with van der Waals surface area (Å²) in [6.45, 7) is 1.78. The first-order valence-corrected chi connectivity index (χ1v) is 9.49. The molecule has 4 heteroatoms. The van der Waals surface area contributed by atoms with Gasteiger partial charge in [-0.25, -0.2) is 0 Å². The van der Waals surface area contributed by atoms with Crippen LogP contribution in [0.3, 0.4) is 0 Å². The third-order valence-electron chi connectivity index (χ3n) is 5.35. The highest BCUT2D eigenvalue weighted by Crippen LogP contribution is 2.34. The molecule has 26 heavy (non-hydrogen) atoms. The quantitative estimate of drug-likeness (QED) is 0.743. The van der Waals surface area contributed by atoms with E-state index >= 15 is 0 Å². The molecule has 0 spiro atoms. The molecule has 0 aliphatic heterocycles. The van der Waals surface area contributed by atoms with Crippen molar-refractivity contribution in [1.82, 2.24) is 4.98 Å². The lowest BCUT2D eigenvalue weighted by molar-refractivity contribution is 0.0959. The number of aryl methyl sites for hydroxylation is 2. The van der Waals surface area contributed by atoms with Crippen molar-refractivity contribution in [3.8, 4) is 5.75 Å². The first-order valence-electron chi connectivity index (χ1n) is 9.49. The van der Waals surface area contributed by atoms with E-state index in [2.05, 4.69) is 29.2 Å². The van der Waals surface area contributed by atoms with Gasteiger partial charge < -0.3 is 9.72 Å². The Hall–Kier alpha value is -2.36. The molecule has 1 heterocycles. The van der Waals surface area contributed by atoms with Crippen LogP contribution < -0.4 is 10.2 Å². The maximum absolute atomic E-state index is 12.8. The summed E-state index contributed by atoms with van der Waals surface area (Å²) in [5.41, 5.74) is 3.05. The number of nitrogens with one attached hydrogen (secondary N) is 1. The van der Waals surface area contributed by atoms with Crippen LogP contribution >= 0.6 is 0 Å². The van der Waals surface area contributed by atoms with E-state index < -0.39 is 0 Å². The zero-order valence-corrected chi connectivity index (χ0v) is 15.6. The molecule has 138 valence electrons. The molecule has 0 fully saturated rings. The van der Waals surface area contributed by atoms with Crippen LogP contribution in [-0.4, -0.2) is 17.9 Å². The lowest BCUT2D eigenvalue weighted by Crippen LogP contribution is -2.27. The normalized spacial score (nSPS) is 16.4. The van der Waals surface area contributed by atoms with Gasteiger partial charge in [-0.15, -0.1) is 0 Å². The number of aromatic nitrogens is 1. The van der Waals surface area contributed by atoms with Gasteiger partial charge in [-0.3, -0.25) is 9.59 Å². The monoisotopic (exact) mass is 353 g/mol. The molecule has 0 bridgehead atoms. The number of fused-ring (bicyclic) bond motifs is 1. The molecule has 0 amide bonds. The number of aromatic amines is 1. The Morgan fingerprint density at radius 1 is 1.12 bits per heavy atom. The molecule has 0 saturated carbocycles. The van der Waals surface area contributed by atoms with Crippen LogP contribution in [0.1, 0.15) is 71.8 Å². The average Bonchev–Trinajstić information content (AvgIpc) is 2.64. The molecule has 0 radical (unpaired) electrons. The van der Waals surface area contributed by atoms with Gasteiger partial charge in [0, 0.05) is 12.0 Å². The van der Waals surface area contributed by atoms with Crippen LogP contribution in [0, 0.1) is 6.92 Å². The fraction of sp³-hybridized carbons (Fsp3) is 0.455. The van der Waals surface area contributed by atoms with E-state index in [1.807, 2.05) is 6.07 Å². The summed E-state index contributed by atoms with van der Waals surface area (Å²) in [7, 11) is 1.51. The van der Waals surface area contributed by atoms with Crippen molar-refractivity contribution in [3.63, 3.8) is 0 Å². The van der Waals surface area contributed by atoms with Gasteiger partial charge >= 0.3 is 0 Å². The number of pyridine rings is 1. The van der Waals surface area contributed by atoms with Crippen LogP contribution in [-0.2, 0) is 6.42 Å². The highest BCUT2D eigenvalue weighted by Gasteiger charge is 2.30. The van der Waals surface area contributed by atoms with Crippen LogP contribution in [0.2, 0.25) is 0 Å². The SMILES string of the molecule is COc1c(C)[nH]c2c(c1=O)[C@@H](CCCCCc1ccccc1)CCC2=O. The van der Waals surface area contributed by atoms with E-state index in [9.17, 15) is 9.59 Å². The standard InChI is InChI=1S/C22H27NO3/c1-15-22(26-2)21(25)19-17(13-14-18(24)20(19)23-15)12-8-4-7-11-16-9-5-3-6-10-16/h3,5-6,9-10,17H,4,7-8,11-14H2,1-2H3,(H,23,25)/t17-/m0/s1. The Kier molecular flexibility index (Phi) is 5.92. The number of unbranched alkanes of at least 4 members (excludes halogenated alkanes) is 2. The Morgan fingerprint density at radius 2 is 1.88 bits per heavy atom. The van der Waals surface area contributed by atoms with Gasteiger partial charge in [0.05, 0.1) is 18.5 Å². The number of hydrogen-bond donors (Lipinski definition) is 1. The van der Waals surface area contributed by atoms with Crippen molar-refractivity contribution in [2.75, 3.05) is 7.11 Å². The summed E-state index contributed by atoms with van der Waals surface area (Å²) in [5, 5.41) is 0. The first kappa shape index (κ1) is 18.4. The van der Waals surface area contributed by atoms with Crippen molar-refractivity contribution in [2.45, 2.75) is 57.8 Å². The molecular formula is C22H27NO3. The third-order valence-corrected chi connectivity index (χ3v) is 5.35. The van der Waals surface area contributed by atoms with E-state index in [4.69, 9.17) is 4.74 Å². The van der Waals surface area contributed by atoms with Crippen LogP contribution in [0.4, 0.5) is 0 Å². The fourth-order valence-electron chi connectivity index (χ4n) is 3.98. The molecule has 0 unspecified atom stereocenters. The highest BCUT2D eigenvalue weighted by atomic mass is 16.5. The number of rotatable bonds is 7. The van der Waals surface area contributed by atoms with Crippen molar-refractivity contribution in [1.29, 1.82) is 0 Å². The highest BCUT2D eigenvalue weighted by molar-refractivity contribution is 5.97. The Labute approximate surface area is 154 Å². The number of Topliss-reactive ketones (excluding diaryl/α,β-unsaturated/α-hetero) is 1. The molecule has 3 rings (SSSR count). The van der Waals surface area contributed by atoms with Gasteiger partial charge in [-0.1, -0.05) is 43.2 Å². The van der Waals surface area contributed by atoms with Gasteiger partial charge in [-0.05, 0) is 44.1 Å². The molecule has 2 aromatic rings. The smallest absolute Gasteiger partial charge is 0.227 e. The second kappa shape index (κ2) is 8.35. The van der Waals surface area contributed by atoms with Crippen molar-refractivity contribution in [2.24, 2.45) is 0 Å². The number of methoxy groups -OCH3 is 1. The molecule has 1 aliphatic rings. The van der Waals surface area contributed by atoms with E-state index in [-0.39, 0.29) is 17.1 Å². The first-order chi connectivity index (χ1) is 12.6. The Balaban J connectivity index is 1.64. The summed E-state index contributed by atoms with van der Waals surface area (Å²) < 4.78 is 5.26. The molecule has 0 saturated heterocycles. The van der Waals surface area contributed by atoms with E-state index in [1.54, 1.807) is 6.92 Å². The number of ketones is 1. The summed E-state index contributed by atoms with van der Waals surface area (Å²) in [6, 6.07) is 10.5. The maximum atomic E-state index is 12.8. The lowest BCUT2D eigenvalue weighted by Gasteiger charge is -2.25. The van der Waals surface area contributed by atoms with Gasteiger partial charge in [0.25, 0.3) is 0 Å². The summed E-state index contributed by atoms with van der Waals surface area (Å²) in [6.07, 6.45) is 6.67. The predicted octanol–water partition coefficient (Wildman–Crippen LogP) is 4.56. The van der Waals surface area contributed by atoms with Crippen LogP contribution in [0.5, 0.6) is 5.75 Å². The summed E-state index contributed by atoms with van der Waals surface area (Å²) in [5.74, 6) is 0.536. The van der Waals surface area contributed by atoms with Crippen molar-refractivity contribution < 1.29 is 9.53 Å². The van der Waals surface area contributed by atoms with Gasteiger partial charge in [0.1, 0.15) is 0 Å². The molecule has 4 nitrogen and oxygen atoms in total. The molecule has 1 aromatic heterocycles. The average molecular weight is 353 g/mol. The van der Waals surface area contributed by atoms with Crippen molar-refractivity contribution in [3.05, 3.63) is 63.1 Å². The zero-order valence-electron chi connectivity index (χ0n) is 15.6. The predicted molar refractivity (Wildman–Crippen MR) is 103 cm³/mol. The van der Waals surface area contributed by atoms with Crippen LogP contribution in [0.25, 0.3) is 0 Å². The maximum Gasteiger partial charge on any atom is 0.227 e. The van der Waals surface area contributed by atoms with Gasteiger partial charge in [0.2, 0.25) is 5.43 Å². The molecular weight excluding hydrogens is 326 g/mol. The van der Waals surface area contributed by atoms with E-state index in [0.717, 1.165) is 38.5 Å². The number of carbonyl (C=O) groups excluding carboxylic acids is 1. The second-order valence-electron chi connectivity index (χ2n) is 7.14. The third kappa shape index (κ3) is 3.90. The lowest BCUT2D eigenvalue weighted by atomic mass is 9.81. The number of benzene rings is 1. The minimum Gasteiger partial charge on any atom is -0.491 e. The van der Waals surface area contributed by atoms with Crippen LogP contribution in [0.15, 0.2) is 35.1 Å². The topological polar surface area (TPSA) is 59.2 Å². The molecule has 1 aromatic carbocycles. The number of ether oxygens (including phenoxy) is 1. The second-order valence-corrected chi connectivity index (χ2v) is 7.14. The van der Waals surface area contributed by atoms with Gasteiger partial charge in [0.15, 0.2) is 11.5 Å². The Morgan fingerprint density at radius 3 is 2.62 bits per heavy atom. The van der Waals surface area contributed by atoms with Gasteiger partial charge in [-0.2, -0.15) is 0 Å².